The molecule has 0 spiro atoms. The first-order valence-electron chi connectivity index (χ1n) is 3.65. The zero-order valence-electron chi connectivity index (χ0n) is 6.95. The van der Waals surface area contributed by atoms with Crippen molar-refractivity contribution >= 4 is 5.91 Å². The second-order valence-corrected chi connectivity index (χ2v) is 2.59. The van der Waals surface area contributed by atoms with Crippen molar-refractivity contribution in [3.63, 3.8) is 0 Å². The van der Waals surface area contributed by atoms with Gasteiger partial charge in [-0.1, -0.05) is 0 Å². The van der Waals surface area contributed by atoms with E-state index in [4.69, 9.17) is 16.1 Å². The van der Waals surface area contributed by atoms with Crippen molar-refractivity contribution in [3.05, 3.63) is 0 Å². The number of hydrogen-bond acceptors (Lipinski definition) is 4. The van der Waals surface area contributed by atoms with Gasteiger partial charge in [-0.15, -0.1) is 0 Å². The molecule has 0 rings (SSSR count). The summed E-state index contributed by atoms with van der Waals surface area (Å²) in [5.41, 5.74) is 4.80. The number of primary amides is 1. The highest BCUT2D eigenvalue weighted by Crippen LogP contribution is 1.88. The van der Waals surface area contributed by atoms with Crippen molar-refractivity contribution in [1.29, 1.82) is 5.26 Å². The summed E-state index contributed by atoms with van der Waals surface area (Å²) in [5.74, 6) is -0.758. The van der Waals surface area contributed by atoms with E-state index in [0.717, 1.165) is 0 Å². The molecule has 0 aromatic rings. The number of nitrogens with one attached hydrogen (secondary N) is 1. The molecular formula is C7H13N3O2. The van der Waals surface area contributed by atoms with E-state index in [9.17, 15) is 4.79 Å². The van der Waals surface area contributed by atoms with E-state index in [1.165, 1.54) is 0 Å². The van der Waals surface area contributed by atoms with Crippen molar-refractivity contribution in [2.45, 2.75) is 25.5 Å². The second kappa shape index (κ2) is 5.52. The maximum absolute atomic E-state index is 10.3. The fourth-order valence-electron chi connectivity index (χ4n) is 0.623. The van der Waals surface area contributed by atoms with Gasteiger partial charge in [0.15, 0.2) is 0 Å². The van der Waals surface area contributed by atoms with Crippen LogP contribution in [-0.4, -0.2) is 29.7 Å². The molecular weight excluding hydrogens is 158 g/mol. The predicted octanol–water partition coefficient (Wildman–Crippen LogP) is -1.28. The maximum atomic E-state index is 10.3. The van der Waals surface area contributed by atoms with E-state index >= 15 is 0 Å². The van der Waals surface area contributed by atoms with Crippen LogP contribution in [0.25, 0.3) is 0 Å². The van der Waals surface area contributed by atoms with Gasteiger partial charge in [0.05, 0.1) is 12.5 Å². The van der Waals surface area contributed by atoms with Crippen LogP contribution in [0.15, 0.2) is 0 Å². The zero-order valence-corrected chi connectivity index (χ0v) is 6.95. The maximum Gasteiger partial charge on any atom is 0.247 e. The Morgan fingerprint density at radius 2 is 2.42 bits per heavy atom. The highest BCUT2D eigenvalue weighted by atomic mass is 16.3. The van der Waals surface area contributed by atoms with Gasteiger partial charge >= 0.3 is 0 Å². The van der Waals surface area contributed by atoms with E-state index in [-0.39, 0.29) is 12.6 Å². The number of carbonyl (C=O) groups is 1. The number of aliphatic hydroxyl groups is 1. The first-order chi connectivity index (χ1) is 5.57. The Bertz CT molecular complexity index is 188. The number of aliphatic hydroxyl groups excluding tert-OH is 1. The average molecular weight is 171 g/mol. The van der Waals surface area contributed by atoms with Gasteiger partial charge < -0.3 is 16.2 Å². The minimum atomic E-state index is -1.17. The van der Waals surface area contributed by atoms with Gasteiger partial charge in [-0.3, -0.25) is 4.79 Å². The molecule has 0 aliphatic heterocycles. The Kier molecular flexibility index (Phi) is 5.00. The molecule has 2 atom stereocenters. The Labute approximate surface area is 71.2 Å². The number of nitriles is 1. The quantitative estimate of drug-likeness (QED) is 0.480. The third kappa shape index (κ3) is 4.66. The minimum absolute atomic E-state index is 0.0380. The number of rotatable bonds is 5. The van der Waals surface area contributed by atoms with Gasteiger partial charge in [0.25, 0.3) is 0 Å². The Hall–Kier alpha value is -1.12. The summed E-state index contributed by atoms with van der Waals surface area (Å²) in [6, 6.07) is 1.92. The van der Waals surface area contributed by atoms with Crippen molar-refractivity contribution in [2.24, 2.45) is 5.73 Å². The fourth-order valence-corrected chi connectivity index (χ4v) is 0.623. The SMILES string of the molecule is CC(CC#N)NCC(O)C(N)=O. The van der Waals surface area contributed by atoms with Gasteiger partial charge in [-0.25, -0.2) is 0 Å². The third-order valence-electron chi connectivity index (χ3n) is 1.39. The molecule has 2 unspecified atom stereocenters. The third-order valence-corrected chi connectivity index (χ3v) is 1.39. The number of amides is 1. The number of nitrogens with zero attached hydrogens (tertiary/aromatic N) is 1. The summed E-state index contributed by atoms with van der Waals surface area (Å²) in [4.78, 5) is 10.3. The number of nitrogens with two attached hydrogens (primary N) is 1. The molecule has 0 fully saturated rings. The molecule has 0 aromatic heterocycles. The van der Waals surface area contributed by atoms with Crippen molar-refractivity contribution < 1.29 is 9.90 Å². The normalized spacial score (nSPS) is 14.8. The minimum Gasteiger partial charge on any atom is -0.382 e. The molecule has 4 N–H and O–H groups in total. The predicted molar refractivity (Wildman–Crippen MR) is 42.9 cm³/mol. The Morgan fingerprint density at radius 3 is 2.83 bits per heavy atom. The monoisotopic (exact) mass is 171 g/mol. The molecule has 12 heavy (non-hydrogen) atoms. The van der Waals surface area contributed by atoms with Crippen LogP contribution in [0.5, 0.6) is 0 Å². The van der Waals surface area contributed by atoms with Crippen molar-refractivity contribution in [3.8, 4) is 6.07 Å². The molecule has 68 valence electrons. The summed E-state index contributed by atoms with van der Waals surface area (Å²) in [6.07, 6.45) is -0.836. The van der Waals surface area contributed by atoms with Gasteiger partial charge in [0, 0.05) is 12.6 Å². The molecule has 0 radical (unpaired) electrons. The largest absolute Gasteiger partial charge is 0.382 e. The smallest absolute Gasteiger partial charge is 0.247 e. The first kappa shape index (κ1) is 10.9. The standard InChI is InChI=1S/C7H13N3O2/c1-5(2-3-8)10-4-6(11)7(9)12/h5-6,10-11H,2,4H2,1H3,(H2,9,12). The lowest BCUT2D eigenvalue weighted by Gasteiger charge is -2.11. The molecule has 0 aliphatic carbocycles. The molecule has 0 heterocycles. The zero-order chi connectivity index (χ0) is 9.56. The van der Waals surface area contributed by atoms with Gasteiger partial charge in [-0.2, -0.15) is 5.26 Å². The molecule has 0 aromatic carbocycles. The average Bonchev–Trinajstić information content (AvgIpc) is 2.00. The van der Waals surface area contributed by atoms with Gasteiger partial charge in [0.2, 0.25) is 5.91 Å². The van der Waals surface area contributed by atoms with E-state index in [0.29, 0.717) is 6.42 Å². The Balaban J connectivity index is 3.55. The highest BCUT2D eigenvalue weighted by molar-refractivity contribution is 5.78. The molecule has 5 nitrogen and oxygen atoms in total. The van der Waals surface area contributed by atoms with Gasteiger partial charge in [0.1, 0.15) is 6.10 Å². The first-order valence-corrected chi connectivity index (χ1v) is 3.65. The summed E-state index contributed by atoms with van der Waals surface area (Å²) in [7, 11) is 0. The van der Waals surface area contributed by atoms with Crippen LogP contribution < -0.4 is 11.1 Å². The van der Waals surface area contributed by atoms with E-state index < -0.39 is 12.0 Å². The lowest BCUT2D eigenvalue weighted by Crippen LogP contribution is -2.40. The second-order valence-electron chi connectivity index (χ2n) is 2.59. The van der Waals surface area contributed by atoms with Crippen LogP contribution in [0, 0.1) is 11.3 Å². The van der Waals surface area contributed by atoms with E-state index in [1.807, 2.05) is 6.07 Å². The van der Waals surface area contributed by atoms with Crippen molar-refractivity contribution in [2.75, 3.05) is 6.54 Å². The van der Waals surface area contributed by atoms with E-state index in [1.54, 1.807) is 6.92 Å². The summed E-state index contributed by atoms with van der Waals surface area (Å²) in [5, 5.41) is 20.0. The molecule has 5 heteroatoms. The lowest BCUT2D eigenvalue weighted by atomic mass is 10.2. The summed E-state index contributed by atoms with van der Waals surface area (Å²) >= 11 is 0. The van der Waals surface area contributed by atoms with Crippen LogP contribution in [-0.2, 0) is 4.79 Å². The summed E-state index contributed by atoms with van der Waals surface area (Å²) < 4.78 is 0. The van der Waals surface area contributed by atoms with Crippen molar-refractivity contribution in [1.82, 2.24) is 5.32 Å². The van der Waals surface area contributed by atoms with E-state index in [2.05, 4.69) is 5.32 Å². The molecule has 0 saturated heterocycles. The van der Waals surface area contributed by atoms with Crippen LogP contribution in [0.2, 0.25) is 0 Å². The number of carbonyl (C=O) groups excluding carboxylic acids is 1. The van der Waals surface area contributed by atoms with Gasteiger partial charge in [-0.05, 0) is 6.92 Å². The lowest BCUT2D eigenvalue weighted by molar-refractivity contribution is -0.125. The topological polar surface area (TPSA) is 99.1 Å². The van der Waals surface area contributed by atoms with Crippen LogP contribution >= 0.6 is 0 Å². The van der Waals surface area contributed by atoms with Crippen LogP contribution in [0.1, 0.15) is 13.3 Å². The van der Waals surface area contributed by atoms with Crippen LogP contribution in [0.4, 0.5) is 0 Å². The molecule has 0 aliphatic rings. The van der Waals surface area contributed by atoms with Crippen LogP contribution in [0.3, 0.4) is 0 Å². The molecule has 0 saturated carbocycles. The highest BCUT2D eigenvalue weighted by Gasteiger charge is 2.11. The molecule has 1 amide bonds. The fraction of sp³-hybridized carbons (Fsp3) is 0.714. The number of hydrogen-bond donors (Lipinski definition) is 3. The molecule has 0 bridgehead atoms. The summed E-state index contributed by atoms with van der Waals surface area (Å²) in [6.45, 7) is 1.88. The Morgan fingerprint density at radius 1 is 1.83 bits per heavy atom.